The first kappa shape index (κ1) is 14.2. The summed E-state index contributed by atoms with van der Waals surface area (Å²) in [4.78, 5) is 0. The van der Waals surface area contributed by atoms with Crippen LogP contribution in [0.25, 0.3) is 0 Å². The van der Waals surface area contributed by atoms with Crippen molar-refractivity contribution in [3.05, 3.63) is 29.5 Å². The van der Waals surface area contributed by atoms with Gasteiger partial charge in [0.2, 0.25) is 5.88 Å². The minimum atomic E-state index is 0.371. The second kappa shape index (κ2) is 5.83. The molecule has 0 atom stereocenters. The van der Waals surface area contributed by atoms with Gasteiger partial charge in [-0.25, -0.2) is 4.68 Å². The number of hydrogen-bond donors (Lipinski definition) is 1. The number of ether oxygens (including phenoxy) is 3. The fraction of sp³-hybridized carbons (Fsp3) is 0.357. The van der Waals surface area contributed by atoms with Crippen LogP contribution in [0.2, 0.25) is 0 Å². The molecule has 20 heavy (non-hydrogen) atoms. The van der Waals surface area contributed by atoms with Gasteiger partial charge in [-0.2, -0.15) is 5.10 Å². The van der Waals surface area contributed by atoms with Gasteiger partial charge in [0, 0.05) is 31.8 Å². The number of benzene rings is 1. The van der Waals surface area contributed by atoms with Gasteiger partial charge in [-0.15, -0.1) is 0 Å². The van der Waals surface area contributed by atoms with E-state index in [4.69, 9.17) is 19.9 Å². The summed E-state index contributed by atoms with van der Waals surface area (Å²) in [5.41, 5.74) is 7.49. The molecule has 0 saturated carbocycles. The highest BCUT2D eigenvalue weighted by atomic mass is 16.5. The zero-order valence-corrected chi connectivity index (χ0v) is 12.1. The number of methoxy groups -OCH3 is 2. The Morgan fingerprint density at radius 3 is 2.15 bits per heavy atom. The van der Waals surface area contributed by atoms with Crippen LogP contribution in [0, 0.1) is 6.92 Å². The Kier molecular flexibility index (Phi) is 4.14. The van der Waals surface area contributed by atoms with E-state index in [2.05, 4.69) is 5.10 Å². The fourth-order valence-corrected chi connectivity index (χ4v) is 2.00. The lowest BCUT2D eigenvalue weighted by Gasteiger charge is -2.11. The summed E-state index contributed by atoms with van der Waals surface area (Å²) < 4.78 is 18.0. The van der Waals surface area contributed by atoms with Gasteiger partial charge >= 0.3 is 0 Å². The zero-order valence-electron chi connectivity index (χ0n) is 12.1. The molecule has 0 radical (unpaired) electrons. The lowest BCUT2D eigenvalue weighted by Crippen LogP contribution is -2.01. The van der Waals surface area contributed by atoms with E-state index in [0.717, 1.165) is 11.3 Å². The van der Waals surface area contributed by atoms with Crippen molar-refractivity contribution in [2.75, 3.05) is 14.2 Å². The molecule has 6 nitrogen and oxygen atoms in total. The summed E-state index contributed by atoms with van der Waals surface area (Å²) in [6.45, 7) is 2.28. The second-order valence-corrected chi connectivity index (χ2v) is 4.35. The third kappa shape index (κ3) is 2.70. The van der Waals surface area contributed by atoms with E-state index in [1.54, 1.807) is 37.1 Å². The Labute approximate surface area is 118 Å². The predicted octanol–water partition coefficient (Wildman–Crippen LogP) is 2.00. The summed E-state index contributed by atoms with van der Waals surface area (Å²) in [6.07, 6.45) is 0. The van der Waals surface area contributed by atoms with Crippen LogP contribution in [0.4, 0.5) is 0 Å². The van der Waals surface area contributed by atoms with Gasteiger partial charge in [0.05, 0.1) is 25.5 Å². The third-order valence-electron chi connectivity index (χ3n) is 3.03. The largest absolute Gasteiger partial charge is 0.496 e. The first-order chi connectivity index (χ1) is 9.58. The van der Waals surface area contributed by atoms with E-state index in [1.807, 2.05) is 14.0 Å². The molecule has 0 aliphatic heterocycles. The monoisotopic (exact) mass is 277 g/mol. The quantitative estimate of drug-likeness (QED) is 0.905. The van der Waals surface area contributed by atoms with Gasteiger partial charge in [-0.1, -0.05) is 0 Å². The predicted molar refractivity (Wildman–Crippen MR) is 75.5 cm³/mol. The molecule has 6 heteroatoms. The van der Waals surface area contributed by atoms with Crippen molar-refractivity contribution in [2.45, 2.75) is 13.5 Å². The van der Waals surface area contributed by atoms with E-state index in [-0.39, 0.29) is 0 Å². The Balaban J connectivity index is 2.39. The smallest absolute Gasteiger partial charge is 0.222 e. The number of hydrogen-bond acceptors (Lipinski definition) is 5. The van der Waals surface area contributed by atoms with Crippen LogP contribution >= 0.6 is 0 Å². The molecule has 0 fully saturated rings. The highest BCUT2D eigenvalue weighted by Crippen LogP contribution is 2.32. The van der Waals surface area contributed by atoms with Crippen molar-refractivity contribution in [2.24, 2.45) is 12.8 Å². The molecule has 0 bridgehead atoms. The summed E-state index contributed by atoms with van der Waals surface area (Å²) in [6, 6.07) is 5.35. The SMILES string of the molecule is COc1cc(OC)cc(Oc2c(CN)c(C)nn2C)c1. The van der Waals surface area contributed by atoms with E-state index < -0.39 is 0 Å². The Hall–Kier alpha value is -2.21. The number of nitrogens with zero attached hydrogens (tertiary/aromatic N) is 2. The molecule has 1 aromatic heterocycles. The van der Waals surface area contributed by atoms with E-state index >= 15 is 0 Å². The van der Waals surface area contributed by atoms with Crippen molar-refractivity contribution in [3.63, 3.8) is 0 Å². The van der Waals surface area contributed by atoms with E-state index in [0.29, 0.717) is 29.7 Å². The zero-order chi connectivity index (χ0) is 14.7. The number of aryl methyl sites for hydroxylation is 2. The van der Waals surface area contributed by atoms with E-state index in [1.165, 1.54) is 0 Å². The molecule has 2 rings (SSSR count). The van der Waals surface area contributed by atoms with Crippen molar-refractivity contribution < 1.29 is 14.2 Å². The van der Waals surface area contributed by atoms with E-state index in [9.17, 15) is 0 Å². The van der Waals surface area contributed by atoms with Gasteiger partial charge in [0.1, 0.15) is 17.2 Å². The minimum Gasteiger partial charge on any atom is -0.496 e. The maximum atomic E-state index is 5.90. The standard InChI is InChI=1S/C14H19N3O3/c1-9-13(8-15)14(17(2)16-9)20-12-6-10(18-3)5-11(7-12)19-4/h5-7H,8,15H2,1-4H3. The molecule has 0 amide bonds. The summed E-state index contributed by atoms with van der Waals surface area (Å²) in [5, 5.41) is 4.31. The second-order valence-electron chi connectivity index (χ2n) is 4.35. The van der Waals surface area contributed by atoms with Gasteiger partial charge in [0.25, 0.3) is 0 Å². The Morgan fingerprint density at radius 1 is 1.10 bits per heavy atom. The summed E-state index contributed by atoms with van der Waals surface area (Å²) in [5.74, 6) is 2.55. The third-order valence-corrected chi connectivity index (χ3v) is 3.03. The first-order valence-electron chi connectivity index (χ1n) is 6.22. The molecule has 108 valence electrons. The molecular formula is C14H19N3O3. The summed E-state index contributed by atoms with van der Waals surface area (Å²) >= 11 is 0. The lowest BCUT2D eigenvalue weighted by molar-refractivity contribution is 0.380. The van der Waals surface area contributed by atoms with Gasteiger partial charge in [-0.3, -0.25) is 0 Å². The topological polar surface area (TPSA) is 71.5 Å². The average Bonchev–Trinajstić information content (AvgIpc) is 2.72. The van der Waals surface area contributed by atoms with Gasteiger partial charge < -0.3 is 19.9 Å². The van der Waals surface area contributed by atoms with Crippen LogP contribution < -0.4 is 19.9 Å². The molecule has 0 unspecified atom stereocenters. The number of rotatable bonds is 5. The first-order valence-corrected chi connectivity index (χ1v) is 6.22. The van der Waals surface area contributed by atoms with Crippen molar-refractivity contribution in [3.8, 4) is 23.1 Å². The normalized spacial score (nSPS) is 10.4. The fourth-order valence-electron chi connectivity index (χ4n) is 2.00. The molecule has 1 heterocycles. The number of nitrogens with two attached hydrogens (primary N) is 1. The summed E-state index contributed by atoms with van der Waals surface area (Å²) in [7, 11) is 5.01. The van der Waals surface area contributed by atoms with Crippen LogP contribution in [-0.2, 0) is 13.6 Å². The van der Waals surface area contributed by atoms with Crippen LogP contribution in [-0.4, -0.2) is 24.0 Å². The minimum absolute atomic E-state index is 0.371. The van der Waals surface area contributed by atoms with Crippen LogP contribution in [0.5, 0.6) is 23.1 Å². The molecular weight excluding hydrogens is 258 g/mol. The molecule has 0 aliphatic carbocycles. The Bertz CT molecular complexity index is 586. The average molecular weight is 277 g/mol. The van der Waals surface area contributed by atoms with Crippen molar-refractivity contribution in [1.29, 1.82) is 0 Å². The highest BCUT2D eigenvalue weighted by Gasteiger charge is 2.15. The molecule has 2 aromatic rings. The maximum absolute atomic E-state index is 5.90. The molecule has 0 spiro atoms. The Morgan fingerprint density at radius 2 is 1.65 bits per heavy atom. The van der Waals surface area contributed by atoms with Crippen LogP contribution in [0.1, 0.15) is 11.3 Å². The van der Waals surface area contributed by atoms with Crippen molar-refractivity contribution in [1.82, 2.24) is 9.78 Å². The molecule has 0 aliphatic rings. The lowest BCUT2D eigenvalue weighted by atomic mass is 10.2. The van der Waals surface area contributed by atoms with Gasteiger partial charge in [0.15, 0.2) is 0 Å². The maximum Gasteiger partial charge on any atom is 0.222 e. The number of aromatic nitrogens is 2. The highest BCUT2D eigenvalue weighted by molar-refractivity contribution is 5.44. The van der Waals surface area contributed by atoms with Gasteiger partial charge in [-0.05, 0) is 6.92 Å². The molecule has 1 aromatic carbocycles. The van der Waals surface area contributed by atoms with Crippen LogP contribution in [0.15, 0.2) is 18.2 Å². The molecule has 0 saturated heterocycles. The molecule has 2 N–H and O–H groups in total. The van der Waals surface area contributed by atoms with Crippen molar-refractivity contribution >= 4 is 0 Å². The van der Waals surface area contributed by atoms with Crippen LogP contribution in [0.3, 0.4) is 0 Å².